The molecule has 3 nitrogen and oxygen atoms in total. The predicted octanol–water partition coefficient (Wildman–Crippen LogP) is 3.89. The third-order valence-corrected chi connectivity index (χ3v) is 6.01. The molecule has 0 bridgehead atoms. The number of rotatable bonds is 5. The SMILES string of the molecule is Cc1ccc(S(=O)(=O)[N]CC(C)(C)C2CCCCC2)cc1. The lowest BCUT2D eigenvalue weighted by Crippen LogP contribution is -2.35. The summed E-state index contributed by atoms with van der Waals surface area (Å²) in [4.78, 5) is 0.299. The molecule has 4 heteroatoms. The van der Waals surface area contributed by atoms with E-state index in [4.69, 9.17) is 0 Å². The van der Waals surface area contributed by atoms with Crippen molar-refractivity contribution in [3.63, 3.8) is 0 Å². The molecular weight excluding hydrogens is 282 g/mol. The number of hydrogen-bond donors (Lipinski definition) is 0. The summed E-state index contributed by atoms with van der Waals surface area (Å²) in [5, 5.41) is 0. The molecular formula is C17H26NO2S. The van der Waals surface area contributed by atoms with Crippen LogP contribution in [0.25, 0.3) is 0 Å². The minimum absolute atomic E-state index is 0.0435. The third-order valence-electron chi connectivity index (χ3n) is 4.67. The van der Waals surface area contributed by atoms with Crippen molar-refractivity contribution in [2.75, 3.05) is 6.54 Å². The maximum atomic E-state index is 12.3. The molecule has 117 valence electrons. The average molecular weight is 308 g/mol. The van der Waals surface area contributed by atoms with Gasteiger partial charge in [-0.25, -0.2) is 8.42 Å². The van der Waals surface area contributed by atoms with Crippen molar-refractivity contribution in [2.24, 2.45) is 11.3 Å². The molecule has 2 rings (SSSR count). The van der Waals surface area contributed by atoms with E-state index in [1.807, 2.05) is 19.1 Å². The second kappa shape index (κ2) is 6.49. The smallest absolute Gasteiger partial charge is 0.206 e. The van der Waals surface area contributed by atoms with Gasteiger partial charge >= 0.3 is 0 Å². The van der Waals surface area contributed by atoms with Gasteiger partial charge in [-0.2, -0.15) is 0 Å². The number of benzene rings is 1. The third kappa shape index (κ3) is 4.30. The molecule has 1 fully saturated rings. The Hall–Kier alpha value is -0.870. The van der Waals surface area contributed by atoms with Gasteiger partial charge in [0.1, 0.15) is 0 Å². The number of hydrogen-bond acceptors (Lipinski definition) is 2. The first-order valence-electron chi connectivity index (χ1n) is 7.82. The van der Waals surface area contributed by atoms with E-state index in [-0.39, 0.29) is 5.41 Å². The fourth-order valence-electron chi connectivity index (χ4n) is 3.05. The maximum Gasteiger partial charge on any atom is 0.256 e. The molecule has 0 atom stereocenters. The van der Waals surface area contributed by atoms with Crippen LogP contribution in [0.15, 0.2) is 29.2 Å². The van der Waals surface area contributed by atoms with E-state index >= 15 is 0 Å². The Kier molecular flexibility index (Phi) is 5.10. The van der Waals surface area contributed by atoms with Crippen molar-refractivity contribution < 1.29 is 8.42 Å². The fraction of sp³-hybridized carbons (Fsp3) is 0.647. The summed E-state index contributed by atoms with van der Waals surface area (Å²) in [6.07, 6.45) is 6.24. The molecule has 1 aromatic rings. The van der Waals surface area contributed by atoms with Crippen LogP contribution < -0.4 is 4.72 Å². The Morgan fingerprint density at radius 1 is 1.10 bits per heavy atom. The van der Waals surface area contributed by atoms with Gasteiger partial charge in [-0.1, -0.05) is 50.8 Å². The molecule has 1 aliphatic carbocycles. The van der Waals surface area contributed by atoms with Crippen molar-refractivity contribution in [2.45, 2.75) is 57.8 Å². The van der Waals surface area contributed by atoms with Crippen LogP contribution in [0, 0.1) is 18.3 Å². The van der Waals surface area contributed by atoms with E-state index in [0.29, 0.717) is 17.4 Å². The first-order chi connectivity index (χ1) is 9.81. The molecule has 0 aromatic heterocycles. The normalized spacial score (nSPS) is 17.9. The van der Waals surface area contributed by atoms with Crippen LogP contribution >= 0.6 is 0 Å². The van der Waals surface area contributed by atoms with E-state index in [2.05, 4.69) is 18.6 Å². The van der Waals surface area contributed by atoms with Crippen LogP contribution in [-0.2, 0) is 10.0 Å². The number of sulfonamides is 1. The highest BCUT2D eigenvalue weighted by atomic mass is 32.2. The van der Waals surface area contributed by atoms with Crippen LogP contribution in [0.4, 0.5) is 0 Å². The Bertz CT molecular complexity index is 555. The first-order valence-corrected chi connectivity index (χ1v) is 9.26. The topological polar surface area (TPSA) is 48.2 Å². The van der Waals surface area contributed by atoms with Crippen LogP contribution in [-0.4, -0.2) is 15.0 Å². The Morgan fingerprint density at radius 2 is 1.67 bits per heavy atom. The standard InChI is InChI=1S/C17H26NO2S/c1-14-9-11-16(12-10-14)21(19,20)18-13-17(2,3)15-7-5-4-6-8-15/h9-12,15H,4-8,13H2,1-3H3. The minimum atomic E-state index is -3.52. The molecule has 1 aromatic carbocycles. The molecule has 0 amide bonds. The molecule has 0 aliphatic heterocycles. The van der Waals surface area contributed by atoms with Gasteiger partial charge in [-0.15, -0.1) is 4.72 Å². The summed E-state index contributed by atoms with van der Waals surface area (Å²) < 4.78 is 28.7. The van der Waals surface area contributed by atoms with E-state index in [0.717, 1.165) is 5.56 Å². The summed E-state index contributed by atoms with van der Waals surface area (Å²) >= 11 is 0. The van der Waals surface area contributed by atoms with Gasteiger partial charge < -0.3 is 0 Å². The van der Waals surface area contributed by atoms with Gasteiger partial charge in [0.05, 0.1) is 4.90 Å². The average Bonchev–Trinajstić information content (AvgIpc) is 2.47. The van der Waals surface area contributed by atoms with Gasteiger partial charge in [0.25, 0.3) is 10.0 Å². The van der Waals surface area contributed by atoms with E-state index in [9.17, 15) is 8.42 Å². The quantitative estimate of drug-likeness (QED) is 0.828. The number of nitrogens with zero attached hydrogens (tertiary/aromatic N) is 1. The van der Waals surface area contributed by atoms with E-state index < -0.39 is 10.0 Å². The second-order valence-corrected chi connectivity index (χ2v) is 8.58. The van der Waals surface area contributed by atoms with Gasteiger partial charge in [0.2, 0.25) is 0 Å². The largest absolute Gasteiger partial charge is 0.256 e. The maximum absolute atomic E-state index is 12.3. The lowest BCUT2D eigenvalue weighted by Gasteiger charge is -2.36. The summed E-state index contributed by atoms with van der Waals surface area (Å²) in [6.45, 7) is 6.63. The fourth-order valence-corrected chi connectivity index (χ4v) is 4.18. The van der Waals surface area contributed by atoms with Crippen LogP contribution in [0.2, 0.25) is 0 Å². The molecule has 1 radical (unpaired) electrons. The Balaban J connectivity index is 2.01. The van der Waals surface area contributed by atoms with Crippen molar-refractivity contribution in [1.82, 2.24) is 4.72 Å². The molecule has 1 saturated carbocycles. The van der Waals surface area contributed by atoms with Gasteiger partial charge in [-0.3, -0.25) is 0 Å². The Morgan fingerprint density at radius 3 is 2.24 bits per heavy atom. The van der Waals surface area contributed by atoms with E-state index in [1.54, 1.807) is 12.1 Å². The highest BCUT2D eigenvalue weighted by molar-refractivity contribution is 7.89. The van der Waals surface area contributed by atoms with Crippen LogP contribution in [0.3, 0.4) is 0 Å². The van der Waals surface area contributed by atoms with Crippen LogP contribution in [0.1, 0.15) is 51.5 Å². The molecule has 0 saturated heterocycles. The summed E-state index contributed by atoms with van der Waals surface area (Å²) in [5.41, 5.74) is 1.01. The summed E-state index contributed by atoms with van der Waals surface area (Å²) in [7, 11) is -3.52. The monoisotopic (exact) mass is 308 g/mol. The van der Waals surface area contributed by atoms with E-state index in [1.165, 1.54) is 32.1 Å². The van der Waals surface area contributed by atoms with Crippen LogP contribution in [0.5, 0.6) is 0 Å². The minimum Gasteiger partial charge on any atom is -0.206 e. The lowest BCUT2D eigenvalue weighted by molar-refractivity contribution is 0.161. The first kappa shape index (κ1) is 16.5. The zero-order valence-corrected chi connectivity index (χ0v) is 14.1. The zero-order valence-electron chi connectivity index (χ0n) is 13.3. The van der Waals surface area contributed by atoms with Crippen molar-refractivity contribution in [3.05, 3.63) is 29.8 Å². The molecule has 21 heavy (non-hydrogen) atoms. The second-order valence-electron chi connectivity index (χ2n) is 6.90. The van der Waals surface area contributed by atoms with Gasteiger partial charge in [-0.05, 0) is 43.2 Å². The number of aryl methyl sites for hydroxylation is 1. The molecule has 0 N–H and O–H groups in total. The highest BCUT2D eigenvalue weighted by Crippen LogP contribution is 2.38. The van der Waals surface area contributed by atoms with Crippen molar-refractivity contribution in [1.29, 1.82) is 0 Å². The summed E-state index contributed by atoms with van der Waals surface area (Å²) in [5.74, 6) is 0.586. The van der Waals surface area contributed by atoms with Gasteiger partial charge in [0, 0.05) is 6.54 Å². The predicted molar refractivity (Wildman–Crippen MR) is 85.7 cm³/mol. The summed E-state index contributed by atoms with van der Waals surface area (Å²) in [6, 6.07) is 6.91. The molecule has 1 aliphatic rings. The van der Waals surface area contributed by atoms with Gasteiger partial charge in [0.15, 0.2) is 0 Å². The van der Waals surface area contributed by atoms with Crippen molar-refractivity contribution >= 4 is 10.0 Å². The highest BCUT2D eigenvalue weighted by Gasteiger charge is 2.32. The zero-order chi connectivity index (χ0) is 15.5. The molecule has 0 unspecified atom stereocenters. The van der Waals surface area contributed by atoms with Crippen molar-refractivity contribution in [3.8, 4) is 0 Å². The molecule has 0 spiro atoms. The Labute approximate surface area is 129 Å². The molecule has 0 heterocycles. The lowest BCUT2D eigenvalue weighted by atomic mass is 9.71.